The molecule has 0 amide bonds. The molecule has 1 aromatic carbocycles. The van der Waals surface area contributed by atoms with E-state index in [4.69, 9.17) is 5.26 Å². The van der Waals surface area contributed by atoms with E-state index in [0.717, 1.165) is 13.1 Å². The molecule has 18 heavy (non-hydrogen) atoms. The Bertz CT molecular complexity index is 545. The smallest absolute Gasteiger partial charge is 0.169 e. The largest absolute Gasteiger partial charge is 0.350 e. The van der Waals surface area contributed by atoms with Gasteiger partial charge in [0.25, 0.3) is 0 Å². The fourth-order valence-corrected chi connectivity index (χ4v) is 1.79. The van der Waals surface area contributed by atoms with Crippen LogP contribution >= 0.6 is 0 Å². The van der Waals surface area contributed by atoms with Gasteiger partial charge in [-0.05, 0) is 18.6 Å². The van der Waals surface area contributed by atoms with E-state index >= 15 is 0 Å². The number of hydrogen-bond donors (Lipinski definition) is 0. The van der Waals surface area contributed by atoms with Gasteiger partial charge in [0.1, 0.15) is 6.07 Å². The molecule has 2 aromatic rings. The third-order valence-electron chi connectivity index (χ3n) is 2.72. The molecular formula is C14H14N4. The van der Waals surface area contributed by atoms with Gasteiger partial charge in [0.2, 0.25) is 0 Å². The molecule has 90 valence electrons. The summed E-state index contributed by atoms with van der Waals surface area (Å²) in [6.07, 6.45) is 1.54. The Morgan fingerprint density at radius 3 is 2.67 bits per heavy atom. The highest BCUT2D eigenvalue weighted by Gasteiger charge is 2.11. The summed E-state index contributed by atoms with van der Waals surface area (Å²) in [5.41, 5.74) is 1.75. The van der Waals surface area contributed by atoms with Gasteiger partial charge in [-0.3, -0.25) is 0 Å². The van der Waals surface area contributed by atoms with E-state index in [2.05, 4.69) is 28.4 Å². The Balaban J connectivity index is 2.27. The molecule has 2 rings (SSSR count). The van der Waals surface area contributed by atoms with E-state index in [9.17, 15) is 0 Å². The van der Waals surface area contributed by atoms with Crippen molar-refractivity contribution < 1.29 is 0 Å². The summed E-state index contributed by atoms with van der Waals surface area (Å²) in [6.45, 7) is 3.55. The number of hydrogen-bond acceptors (Lipinski definition) is 4. The zero-order valence-corrected chi connectivity index (χ0v) is 10.2. The van der Waals surface area contributed by atoms with Crippen molar-refractivity contribution in [1.29, 1.82) is 5.26 Å². The van der Waals surface area contributed by atoms with Crippen molar-refractivity contribution in [2.24, 2.45) is 0 Å². The minimum Gasteiger partial charge on any atom is -0.350 e. The van der Waals surface area contributed by atoms with E-state index < -0.39 is 0 Å². The quantitative estimate of drug-likeness (QED) is 0.820. The van der Waals surface area contributed by atoms with Gasteiger partial charge in [-0.25, -0.2) is 0 Å². The van der Waals surface area contributed by atoms with Crippen LogP contribution in [0.25, 0.3) is 0 Å². The average molecular weight is 238 g/mol. The monoisotopic (exact) mass is 238 g/mol. The van der Waals surface area contributed by atoms with Gasteiger partial charge in [-0.2, -0.15) is 10.4 Å². The molecule has 0 saturated carbocycles. The van der Waals surface area contributed by atoms with Crippen LogP contribution in [-0.2, 0) is 6.54 Å². The van der Waals surface area contributed by atoms with Gasteiger partial charge in [-0.1, -0.05) is 30.3 Å². The summed E-state index contributed by atoms with van der Waals surface area (Å²) < 4.78 is 0. The Hall–Kier alpha value is -2.41. The highest BCUT2D eigenvalue weighted by Crippen LogP contribution is 2.17. The lowest BCUT2D eigenvalue weighted by atomic mass is 10.2. The van der Waals surface area contributed by atoms with Crippen molar-refractivity contribution in [3.05, 3.63) is 53.7 Å². The Morgan fingerprint density at radius 1 is 1.22 bits per heavy atom. The summed E-state index contributed by atoms with van der Waals surface area (Å²) in [5.74, 6) is 0.645. The maximum absolute atomic E-state index is 9.08. The van der Waals surface area contributed by atoms with Gasteiger partial charge in [0.15, 0.2) is 5.82 Å². The van der Waals surface area contributed by atoms with Crippen molar-refractivity contribution in [3.8, 4) is 6.07 Å². The van der Waals surface area contributed by atoms with Crippen molar-refractivity contribution in [2.45, 2.75) is 13.5 Å². The number of aromatic nitrogens is 2. The summed E-state index contributed by atoms with van der Waals surface area (Å²) >= 11 is 0. The molecule has 0 aliphatic rings. The maximum atomic E-state index is 9.08. The lowest BCUT2D eigenvalue weighted by molar-refractivity contribution is 0.794. The summed E-state index contributed by atoms with van der Waals surface area (Å²) in [5, 5.41) is 17.0. The summed E-state index contributed by atoms with van der Waals surface area (Å²) in [4.78, 5) is 2.04. The van der Waals surface area contributed by atoms with Crippen LogP contribution in [0.2, 0.25) is 0 Å². The van der Waals surface area contributed by atoms with Gasteiger partial charge >= 0.3 is 0 Å². The van der Waals surface area contributed by atoms with E-state index in [1.165, 1.54) is 5.56 Å². The molecule has 0 spiro atoms. The van der Waals surface area contributed by atoms with Crippen LogP contribution in [0, 0.1) is 11.3 Å². The number of nitriles is 1. The van der Waals surface area contributed by atoms with Crippen LogP contribution in [-0.4, -0.2) is 16.7 Å². The molecule has 0 aliphatic heterocycles. The predicted molar refractivity (Wildman–Crippen MR) is 69.9 cm³/mol. The topological polar surface area (TPSA) is 52.8 Å². The van der Waals surface area contributed by atoms with Gasteiger partial charge in [0.05, 0.1) is 11.8 Å². The second-order valence-corrected chi connectivity index (χ2v) is 3.88. The zero-order chi connectivity index (χ0) is 12.8. The van der Waals surface area contributed by atoms with Gasteiger partial charge in [-0.15, -0.1) is 5.10 Å². The second-order valence-electron chi connectivity index (χ2n) is 3.88. The van der Waals surface area contributed by atoms with Crippen LogP contribution in [0.5, 0.6) is 0 Å². The fourth-order valence-electron chi connectivity index (χ4n) is 1.79. The number of nitrogens with zero attached hydrogens (tertiary/aromatic N) is 4. The molecule has 0 aliphatic carbocycles. The fraction of sp³-hybridized carbons (Fsp3) is 0.214. The lowest BCUT2D eigenvalue weighted by Gasteiger charge is -2.22. The van der Waals surface area contributed by atoms with Crippen molar-refractivity contribution >= 4 is 5.82 Å². The van der Waals surface area contributed by atoms with Crippen LogP contribution in [0.1, 0.15) is 18.1 Å². The predicted octanol–water partition coefficient (Wildman–Crippen LogP) is 2.37. The molecule has 0 bridgehead atoms. The number of benzene rings is 1. The number of anilines is 1. The Morgan fingerprint density at radius 2 is 2.00 bits per heavy atom. The molecule has 0 unspecified atom stereocenters. The van der Waals surface area contributed by atoms with Crippen LogP contribution < -0.4 is 4.90 Å². The summed E-state index contributed by atoms with van der Waals surface area (Å²) in [7, 11) is 0. The van der Waals surface area contributed by atoms with Crippen molar-refractivity contribution in [2.75, 3.05) is 11.4 Å². The van der Waals surface area contributed by atoms with Crippen LogP contribution in [0.15, 0.2) is 42.6 Å². The first kappa shape index (κ1) is 12.1. The molecule has 4 nitrogen and oxygen atoms in total. The highest BCUT2D eigenvalue weighted by molar-refractivity contribution is 5.52. The third-order valence-corrected chi connectivity index (χ3v) is 2.72. The average Bonchev–Trinajstić information content (AvgIpc) is 2.46. The van der Waals surface area contributed by atoms with Gasteiger partial charge in [0, 0.05) is 13.1 Å². The minimum absolute atomic E-state index is 0.558. The van der Waals surface area contributed by atoms with E-state index in [0.29, 0.717) is 11.4 Å². The molecule has 0 N–H and O–H groups in total. The van der Waals surface area contributed by atoms with E-state index in [-0.39, 0.29) is 0 Å². The molecule has 1 aromatic heterocycles. The normalized spacial score (nSPS) is 9.78. The van der Waals surface area contributed by atoms with Crippen molar-refractivity contribution in [3.63, 3.8) is 0 Å². The molecule has 1 heterocycles. The Labute approximate surface area is 107 Å². The standard InChI is InChI=1S/C14H14N4/c1-2-18(11-12-6-4-3-5-7-12)14-13(10-15)8-9-16-17-14/h3-9H,2,11H2,1H3. The maximum Gasteiger partial charge on any atom is 0.169 e. The highest BCUT2D eigenvalue weighted by atomic mass is 15.3. The summed E-state index contributed by atoms with van der Waals surface area (Å²) in [6, 6.07) is 14.0. The lowest BCUT2D eigenvalue weighted by Crippen LogP contribution is -2.24. The van der Waals surface area contributed by atoms with Crippen LogP contribution in [0.4, 0.5) is 5.82 Å². The SMILES string of the molecule is CCN(Cc1ccccc1)c1nnccc1C#N. The first-order valence-corrected chi connectivity index (χ1v) is 5.85. The molecule has 0 saturated heterocycles. The first-order chi connectivity index (χ1) is 8.85. The van der Waals surface area contributed by atoms with E-state index in [1.807, 2.05) is 30.0 Å². The molecule has 4 heteroatoms. The molecule has 0 fully saturated rings. The minimum atomic E-state index is 0.558. The van der Waals surface area contributed by atoms with E-state index in [1.54, 1.807) is 12.3 Å². The van der Waals surface area contributed by atoms with Crippen molar-refractivity contribution in [1.82, 2.24) is 10.2 Å². The number of rotatable bonds is 4. The van der Waals surface area contributed by atoms with Crippen LogP contribution in [0.3, 0.4) is 0 Å². The second kappa shape index (κ2) is 5.78. The zero-order valence-electron chi connectivity index (χ0n) is 10.2. The molecule has 0 atom stereocenters. The Kier molecular flexibility index (Phi) is 3.87. The third kappa shape index (κ3) is 2.64. The first-order valence-electron chi connectivity index (χ1n) is 5.85. The molecular weight excluding hydrogens is 224 g/mol. The molecule has 0 radical (unpaired) electrons. The van der Waals surface area contributed by atoms with Gasteiger partial charge < -0.3 is 4.90 Å².